The van der Waals surface area contributed by atoms with Crippen LogP contribution in [0, 0.1) is 0 Å². The zero-order chi connectivity index (χ0) is 9.94. The smallest absolute Gasteiger partial charge is 0.303 e. The predicted molar refractivity (Wildman–Crippen MR) is 52.5 cm³/mol. The number of ether oxygens (including phenoxy) is 1. The van der Waals surface area contributed by atoms with E-state index in [1.54, 1.807) is 13.8 Å². The van der Waals surface area contributed by atoms with Crippen LogP contribution in [0.15, 0.2) is 0 Å². The van der Waals surface area contributed by atoms with Gasteiger partial charge in [0.1, 0.15) is 3.74 Å². The lowest BCUT2D eigenvalue weighted by Gasteiger charge is -2.23. The van der Waals surface area contributed by atoms with Gasteiger partial charge in [0, 0.05) is 6.92 Å². The molecule has 70 valence electrons. The Morgan fingerprint density at radius 1 is 1.33 bits per heavy atom. The molecule has 5 heteroatoms. The monoisotopic (exact) mass is 300 g/mol. The lowest BCUT2D eigenvalue weighted by molar-refractivity contribution is -0.160. The highest BCUT2D eigenvalue weighted by molar-refractivity contribution is 9.25. The first-order valence-corrected chi connectivity index (χ1v) is 5.12. The van der Waals surface area contributed by atoms with Crippen molar-refractivity contribution in [1.29, 1.82) is 0 Å². The van der Waals surface area contributed by atoms with Gasteiger partial charge in [-0.15, -0.1) is 0 Å². The number of esters is 1. The topological polar surface area (TPSA) is 43.4 Å². The molecule has 0 spiro atoms. The van der Waals surface area contributed by atoms with Gasteiger partial charge >= 0.3 is 5.97 Å². The molecule has 0 saturated carbocycles. The van der Waals surface area contributed by atoms with E-state index in [2.05, 4.69) is 31.9 Å². The van der Waals surface area contributed by atoms with Crippen molar-refractivity contribution >= 4 is 43.6 Å². The number of carbonyl (C=O) groups is 2. The number of rotatable bonds is 3. The SMILES string of the molecule is CC(=O)OC(C)(C)C(=O)C(Br)Br. The molecule has 0 unspecified atom stereocenters. The molecule has 0 aromatic rings. The number of hydrogen-bond acceptors (Lipinski definition) is 3. The third kappa shape index (κ3) is 3.67. The van der Waals surface area contributed by atoms with Gasteiger partial charge in [0.15, 0.2) is 11.4 Å². The maximum Gasteiger partial charge on any atom is 0.303 e. The second kappa shape index (κ2) is 4.37. The fourth-order valence-corrected chi connectivity index (χ4v) is 1.77. The molecule has 0 rings (SSSR count). The number of hydrogen-bond donors (Lipinski definition) is 0. The third-order valence-corrected chi connectivity index (χ3v) is 2.02. The standard InChI is InChI=1S/C7H10Br2O3/c1-4(10)12-7(2,3)5(11)6(8)9/h6H,1-3H3. The molecule has 0 atom stereocenters. The van der Waals surface area contributed by atoms with Crippen LogP contribution in [0.2, 0.25) is 0 Å². The molecule has 0 amide bonds. The van der Waals surface area contributed by atoms with Gasteiger partial charge in [0.25, 0.3) is 0 Å². The van der Waals surface area contributed by atoms with Crippen LogP contribution in [-0.2, 0) is 14.3 Å². The first kappa shape index (κ1) is 12.1. The average molecular weight is 302 g/mol. The van der Waals surface area contributed by atoms with Crippen molar-refractivity contribution in [3.8, 4) is 0 Å². The van der Waals surface area contributed by atoms with Crippen molar-refractivity contribution in [3.05, 3.63) is 0 Å². The Hall–Kier alpha value is 0.1000. The minimum atomic E-state index is -1.08. The number of carbonyl (C=O) groups excluding carboxylic acids is 2. The summed E-state index contributed by atoms with van der Waals surface area (Å²) in [7, 11) is 0. The van der Waals surface area contributed by atoms with E-state index in [1.165, 1.54) is 6.92 Å². The van der Waals surface area contributed by atoms with Crippen molar-refractivity contribution in [2.75, 3.05) is 0 Å². The van der Waals surface area contributed by atoms with E-state index in [4.69, 9.17) is 4.74 Å². The van der Waals surface area contributed by atoms with Crippen LogP contribution in [0.3, 0.4) is 0 Å². The largest absolute Gasteiger partial charge is 0.452 e. The Morgan fingerprint density at radius 3 is 2.00 bits per heavy atom. The zero-order valence-electron chi connectivity index (χ0n) is 7.06. The molecule has 0 aromatic heterocycles. The normalized spacial score (nSPS) is 11.5. The van der Waals surface area contributed by atoms with E-state index < -0.39 is 15.3 Å². The van der Waals surface area contributed by atoms with Crippen molar-refractivity contribution in [3.63, 3.8) is 0 Å². The van der Waals surface area contributed by atoms with Crippen LogP contribution in [0.5, 0.6) is 0 Å². The molecule has 0 N–H and O–H groups in total. The lowest BCUT2D eigenvalue weighted by atomic mass is 10.1. The molecule has 0 fully saturated rings. The van der Waals surface area contributed by atoms with E-state index >= 15 is 0 Å². The Balaban J connectivity index is 4.39. The molecular formula is C7H10Br2O3. The van der Waals surface area contributed by atoms with Crippen LogP contribution < -0.4 is 0 Å². The third-order valence-electron chi connectivity index (χ3n) is 1.19. The number of alkyl halides is 2. The van der Waals surface area contributed by atoms with Gasteiger partial charge in [-0.05, 0) is 13.8 Å². The minimum absolute atomic E-state index is 0.224. The van der Waals surface area contributed by atoms with E-state index in [0.29, 0.717) is 0 Å². The van der Waals surface area contributed by atoms with Gasteiger partial charge in [0.2, 0.25) is 0 Å². The van der Waals surface area contributed by atoms with E-state index in [9.17, 15) is 9.59 Å². The first-order valence-electron chi connectivity index (χ1n) is 3.29. The van der Waals surface area contributed by atoms with Gasteiger partial charge in [-0.25, -0.2) is 0 Å². The first-order chi connectivity index (χ1) is 5.27. The highest BCUT2D eigenvalue weighted by Gasteiger charge is 2.34. The molecule has 0 aromatic carbocycles. The highest BCUT2D eigenvalue weighted by atomic mass is 79.9. The summed E-state index contributed by atoms with van der Waals surface area (Å²) in [5.74, 6) is -0.688. The Morgan fingerprint density at radius 2 is 1.75 bits per heavy atom. The summed E-state index contributed by atoms with van der Waals surface area (Å²) in [6.07, 6.45) is 0. The second-order valence-corrected chi connectivity index (χ2v) is 5.83. The Labute approximate surface area is 88.1 Å². The van der Waals surface area contributed by atoms with Crippen LogP contribution >= 0.6 is 31.9 Å². The van der Waals surface area contributed by atoms with Crippen LogP contribution in [0.4, 0.5) is 0 Å². The lowest BCUT2D eigenvalue weighted by Crippen LogP contribution is -2.39. The van der Waals surface area contributed by atoms with Crippen LogP contribution in [-0.4, -0.2) is 21.1 Å². The summed E-state index contributed by atoms with van der Waals surface area (Å²) in [6, 6.07) is 0. The number of ketones is 1. The van der Waals surface area contributed by atoms with Gasteiger partial charge in [-0.2, -0.15) is 0 Å². The maximum absolute atomic E-state index is 11.3. The second-order valence-electron chi connectivity index (χ2n) is 2.77. The van der Waals surface area contributed by atoms with Crippen LogP contribution in [0.1, 0.15) is 20.8 Å². The quantitative estimate of drug-likeness (QED) is 0.592. The Bertz CT molecular complexity index is 199. The van der Waals surface area contributed by atoms with E-state index in [1.807, 2.05) is 0 Å². The molecule has 0 heterocycles. The van der Waals surface area contributed by atoms with E-state index in [0.717, 1.165) is 0 Å². The Kier molecular flexibility index (Phi) is 4.40. The average Bonchev–Trinajstić information content (AvgIpc) is 1.82. The van der Waals surface area contributed by atoms with Gasteiger partial charge in [-0.1, -0.05) is 31.9 Å². The fraction of sp³-hybridized carbons (Fsp3) is 0.714. The molecule has 0 aliphatic rings. The number of Topliss-reactive ketones (excluding diaryl/α,β-unsaturated/α-hetero) is 1. The molecule has 0 aliphatic heterocycles. The van der Waals surface area contributed by atoms with Crippen LogP contribution in [0.25, 0.3) is 0 Å². The fourth-order valence-electron chi connectivity index (χ4n) is 0.672. The van der Waals surface area contributed by atoms with Gasteiger partial charge in [-0.3, -0.25) is 9.59 Å². The summed E-state index contributed by atoms with van der Waals surface area (Å²) in [6.45, 7) is 4.37. The van der Waals surface area contributed by atoms with Crippen molar-refractivity contribution in [2.24, 2.45) is 0 Å². The van der Waals surface area contributed by atoms with Crippen molar-refractivity contribution < 1.29 is 14.3 Å². The molecule has 0 aliphatic carbocycles. The molecule has 0 radical (unpaired) electrons. The van der Waals surface area contributed by atoms with Gasteiger partial charge in [0.05, 0.1) is 0 Å². The summed E-state index contributed by atoms with van der Waals surface area (Å²) in [5.41, 5.74) is -1.08. The summed E-state index contributed by atoms with van der Waals surface area (Å²) in [4.78, 5) is 21.9. The van der Waals surface area contributed by atoms with Crippen molar-refractivity contribution in [1.82, 2.24) is 0 Å². The zero-order valence-corrected chi connectivity index (χ0v) is 10.2. The molecule has 3 nitrogen and oxygen atoms in total. The summed E-state index contributed by atoms with van der Waals surface area (Å²) >= 11 is 6.08. The summed E-state index contributed by atoms with van der Waals surface area (Å²) in [5, 5.41) is 0. The minimum Gasteiger partial charge on any atom is -0.452 e. The van der Waals surface area contributed by atoms with E-state index in [-0.39, 0.29) is 5.78 Å². The molecule has 12 heavy (non-hydrogen) atoms. The molecule has 0 bridgehead atoms. The number of halogens is 2. The molecule has 0 saturated heterocycles. The maximum atomic E-state index is 11.3. The summed E-state index contributed by atoms with van der Waals surface area (Å²) < 4.78 is 4.33. The van der Waals surface area contributed by atoms with Gasteiger partial charge < -0.3 is 4.74 Å². The molecular weight excluding hydrogens is 292 g/mol. The predicted octanol–water partition coefficient (Wildman–Crippen LogP) is 2.01. The highest BCUT2D eigenvalue weighted by Crippen LogP contribution is 2.21. The van der Waals surface area contributed by atoms with Crippen molar-refractivity contribution in [2.45, 2.75) is 30.1 Å².